The molecule has 2 aromatic carbocycles. The zero-order valence-corrected chi connectivity index (χ0v) is 21.4. The minimum absolute atomic E-state index is 0.0182. The fourth-order valence-electron chi connectivity index (χ4n) is 5.31. The molecule has 0 aliphatic carbocycles. The van der Waals surface area contributed by atoms with Crippen LogP contribution in [0.4, 0.5) is 5.69 Å². The lowest BCUT2D eigenvalue weighted by Crippen LogP contribution is -2.52. The molecule has 8 nitrogen and oxygen atoms in total. The van der Waals surface area contributed by atoms with Gasteiger partial charge in [0.25, 0.3) is 0 Å². The van der Waals surface area contributed by atoms with E-state index in [1.54, 1.807) is 30.6 Å². The third kappa shape index (κ3) is 5.28. The SMILES string of the molecule is O=C(CC1(C(=O)Nc2cncc3ccccc23)CCOc2ccc(Cl)cc21)N1CCN(CCCO)CC1. The fourth-order valence-corrected chi connectivity index (χ4v) is 5.49. The van der Waals surface area contributed by atoms with Gasteiger partial charge in [0.05, 0.1) is 23.9 Å². The molecule has 2 N–H and O–H groups in total. The molecular weight excluding hydrogens is 492 g/mol. The number of ether oxygens (including phenoxy) is 1. The van der Waals surface area contributed by atoms with Crippen molar-refractivity contribution < 1.29 is 19.4 Å². The molecule has 9 heteroatoms. The van der Waals surface area contributed by atoms with Gasteiger partial charge in [0, 0.05) is 79.7 Å². The summed E-state index contributed by atoms with van der Waals surface area (Å²) in [6, 6.07) is 13.0. The Morgan fingerprint density at radius 3 is 2.73 bits per heavy atom. The van der Waals surface area contributed by atoms with Crippen molar-refractivity contribution in [2.45, 2.75) is 24.7 Å². The summed E-state index contributed by atoms with van der Waals surface area (Å²) in [7, 11) is 0. The minimum atomic E-state index is -1.14. The first-order valence-electron chi connectivity index (χ1n) is 12.7. The van der Waals surface area contributed by atoms with Crippen molar-refractivity contribution in [3.8, 4) is 5.75 Å². The van der Waals surface area contributed by atoms with Crippen LogP contribution in [0, 0.1) is 0 Å². The largest absolute Gasteiger partial charge is 0.493 e. The Bertz CT molecular complexity index is 1290. The predicted molar refractivity (Wildman–Crippen MR) is 143 cm³/mol. The Balaban J connectivity index is 1.44. The average molecular weight is 523 g/mol. The quantitative estimate of drug-likeness (QED) is 0.493. The number of piperazine rings is 1. The first kappa shape index (κ1) is 25.4. The van der Waals surface area contributed by atoms with Gasteiger partial charge in [-0.3, -0.25) is 19.5 Å². The maximum atomic E-state index is 14.2. The van der Waals surface area contributed by atoms with Gasteiger partial charge in [0.1, 0.15) is 5.75 Å². The molecule has 194 valence electrons. The van der Waals surface area contributed by atoms with Crippen molar-refractivity contribution >= 4 is 39.9 Å². The highest BCUT2D eigenvalue weighted by Gasteiger charge is 2.47. The number of nitrogens with one attached hydrogen (secondary N) is 1. The van der Waals surface area contributed by atoms with E-state index in [-0.39, 0.29) is 24.8 Å². The molecule has 1 aromatic heterocycles. The number of aliphatic hydroxyl groups is 1. The van der Waals surface area contributed by atoms with Crippen LogP contribution in [0.3, 0.4) is 0 Å². The second kappa shape index (κ2) is 11.0. The van der Waals surface area contributed by atoms with Gasteiger partial charge in [-0.2, -0.15) is 0 Å². The summed E-state index contributed by atoms with van der Waals surface area (Å²) in [5.74, 6) is 0.233. The number of anilines is 1. The Kier molecular flexibility index (Phi) is 7.60. The monoisotopic (exact) mass is 522 g/mol. The Morgan fingerprint density at radius 2 is 1.92 bits per heavy atom. The maximum Gasteiger partial charge on any atom is 0.235 e. The summed E-state index contributed by atoms with van der Waals surface area (Å²) in [6.07, 6.45) is 4.49. The third-order valence-electron chi connectivity index (χ3n) is 7.41. The maximum absolute atomic E-state index is 14.2. The number of carbonyl (C=O) groups excluding carboxylic acids is 2. The molecule has 3 heterocycles. The number of aromatic nitrogens is 1. The number of aliphatic hydroxyl groups excluding tert-OH is 1. The van der Waals surface area contributed by atoms with Crippen LogP contribution in [-0.4, -0.2) is 77.6 Å². The summed E-state index contributed by atoms with van der Waals surface area (Å²) >= 11 is 6.37. The third-order valence-corrected chi connectivity index (χ3v) is 7.64. The summed E-state index contributed by atoms with van der Waals surface area (Å²) in [5.41, 5.74) is 0.0925. The summed E-state index contributed by atoms with van der Waals surface area (Å²) in [6.45, 7) is 3.97. The van der Waals surface area contributed by atoms with Crippen LogP contribution >= 0.6 is 11.6 Å². The molecule has 0 radical (unpaired) electrons. The van der Waals surface area contributed by atoms with E-state index < -0.39 is 5.41 Å². The predicted octanol–water partition coefficient (Wildman–Crippen LogP) is 3.46. The fraction of sp³-hybridized carbons (Fsp3) is 0.393. The van der Waals surface area contributed by atoms with E-state index in [1.165, 1.54) is 0 Å². The smallest absolute Gasteiger partial charge is 0.235 e. The molecular formula is C28H31ClN4O4. The summed E-state index contributed by atoms with van der Waals surface area (Å²) in [4.78, 5) is 36.2. The second-order valence-corrected chi connectivity index (χ2v) is 10.1. The first-order chi connectivity index (χ1) is 18.0. The number of hydrogen-bond donors (Lipinski definition) is 2. The molecule has 3 aromatic rings. The number of benzene rings is 2. The van der Waals surface area contributed by atoms with Crippen LogP contribution in [-0.2, 0) is 15.0 Å². The lowest BCUT2D eigenvalue weighted by atomic mass is 9.72. The topological polar surface area (TPSA) is 95.0 Å². The standard InChI is InChI=1S/C28H31ClN4O4/c29-21-6-7-25-23(16-21)28(8-15-37-25,17-26(35)33-12-10-32(11-13-33)9-3-14-34)27(36)31-24-19-30-18-20-4-1-2-5-22(20)24/h1-2,4-7,16,18-19,34H,3,8-15,17H2,(H,31,36). The molecule has 0 saturated carbocycles. The molecule has 37 heavy (non-hydrogen) atoms. The lowest BCUT2D eigenvalue weighted by Gasteiger charge is -2.40. The zero-order valence-electron chi connectivity index (χ0n) is 20.7. The highest BCUT2D eigenvalue weighted by molar-refractivity contribution is 6.30. The molecule has 0 bridgehead atoms. The van der Waals surface area contributed by atoms with Crippen LogP contribution in [0.5, 0.6) is 5.75 Å². The van der Waals surface area contributed by atoms with Crippen LogP contribution in [0.15, 0.2) is 54.9 Å². The van der Waals surface area contributed by atoms with E-state index in [4.69, 9.17) is 21.4 Å². The summed E-state index contributed by atoms with van der Waals surface area (Å²) in [5, 5.41) is 14.5. The minimum Gasteiger partial charge on any atom is -0.493 e. The van der Waals surface area contributed by atoms with Gasteiger partial charge in [-0.25, -0.2) is 0 Å². The molecule has 1 saturated heterocycles. The van der Waals surface area contributed by atoms with Crippen LogP contribution in [0.1, 0.15) is 24.8 Å². The van der Waals surface area contributed by atoms with Gasteiger partial charge in [0.2, 0.25) is 11.8 Å². The number of rotatable bonds is 7. The van der Waals surface area contributed by atoms with Crippen molar-refractivity contribution in [1.29, 1.82) is 0 Å². The van der Waals surface area contributed by atoms with Crippen molar-refractivity contribution in [2.75, 3.05) is 51.3 Å². The van der Waals surface area contributed by atoms with Crippen LogP contribution in [0.2, 0.25) is 5.02 Å². The van der Waals surface area contributed by atoms with Crippen molar-refractivity contribution in [2.24, 2.45) is 0 Å². The Labute approximate surface area is 221 Å². The Morgan fingerprint density at radius 1 is 1.11 bits per heavy atom. The average Bonchev–Trinajstić information content (AvgIpc) is 2.92. The molecule has 0 spiro atoms. The number of fused-ring (bicyclic) bond motifs is 2. The van der Waals surface area contributed by atoms with Gasteiger partial charge in [-0.05, 0) is 24.6 Å². The molecule has 1 fully saturated rings. The van der Waals surface area contributed by atoms with Crippen molar-refractivity contribution in [3.05, 3.63) is 65.4 Å². The second-order valence-electron chi connectivity index (χ2n) is 9.66. The highest BCUT2D eigenvalue weighted by Crippen LogP contribution is 2.44. The van der Waals surface area contributed by atoms with E-state index in [0.29, 0.717) is 48.1 Å². The van der Waals surface area contributed by atoms with E-state index in [0.717, 1.165) is 36.8 Å². The normalized spacial score (nSPS) is 19.8. The van der Waals surface area contributed by atoms with Gasteiger partial charge >= 0.3 is 0 Å². The number of carbonyl (C=O) groups is 2. The Hall–Kier alpha value is -3.20. The highest BCUT2D eigenvalue weighted by atomic mass is 35.5. The molecule has 2 aliphatic rings. The summed E-state index contributed by atoms with van der Waals surface area (Å²) < 4.78 is 5.88. The zero-order chi connectivity index (χ0) is 25.8. The van der Waals surface area contributed by atoms with Crippen LogP contribution < -0.4 is 10.1 Å². The van der Waals surface area contributed by atoms with Crippen LogP contribution in [0.25, 0.3) is 10.8 Å². The molecule has 5 rings (SSSR count). The van der Waals surface area contributed by atoms with Crippen molar-refractivity contribution in [3.63, 3.8) is 0 Å². The van der Waals surface area contributed by atoms with Gasteiger partial charge in [-0.1, -0.05) is 35.9 Å². The lowest BCUT2D eigenvalue weighted by molar-refractivity contribution is -0.138. The molecule has 1 atom stereocenters. The van der Waals surface area contributed by atoms with E-state index in [2.05, 4.69) is 15.2 Å². The molecule has 2 aliphatic heterocycles. The van der Waals surface area contributed by atoms with Gasteiger partial charge in [0.15, 0.2) is 0 Å². The van der Waals surface area contributed by atoms with E-state index in [9.17, 15) is 9.59 Å². The molecule has 1 unspecified atom stereocenters. The number of pyridine rings is 1. The van der Waals surface area contributed by atoms with Gasteiger partial charge in [-0.15, -0.1) is 0 Å². The number of amides is 2. The van der Waals surface area contributed by atoms with Gasteiger partial charge < -0.3 is 20.1 Å². The number of nitrogens with zero attached hydrogens (tertiary/aromatic N) is 3. The van der Waals surface area contributed by atoms with E-state index in [1.807, 2.05) is 29.2 Å². The number of halogens is 1. The molecule has 2 amide bonds. The van der Waals surface area contributed by atoms with Crippen molar-refractivity contribution in [1.82, 2.24) is 14.8 Å². The van der Waals surface area contributed by atoms with E-state index >= 15 is 0 Å². The first-order valence-corrected chi connectivity index (χ1v) is 13.1. The number of hydrogen-bond acceptors (Lipinski definition) is 6.